The number of aromatic nitrogens is 1. The summed E-state index contributed by atoms with van der Waals surface area (Å²) in [6, 6.07) is 13.0. The van der Waals surface area contributed by atoms with Crippen LogP contribution < -0.4 is 14.8 Å². The number of hydrogen-bond acceptors (Lipinski definition) is 5. The Bertz CT molecular complexity index is 1060. The molecule has 4 rings (SSSR count). The van der Waals surface area contributed by atoms with Crippen LogP contribution in [0.2, 0.25) is 0 Å². The molecule has 29 heavy (non-hydrogen) atoms. The van der Waals surface area contributed by atoms with E-state index < -0.39 is 0 Å². The van der Waals surface area contributed by atoms with E-state index in [1.54, 1.807) is 25.4 Å². The molecule has 1 aliphatic heterocycles. The third-order valence-corrected chi connectivity index (χ3v) is 5.10. The van der Waals surface area contributed by atoms with Crippen LogP contribution in [0.15, 0.2) is 54.9 Å². The number of aryl methyl sites for hydroxylation is 1. The molecule has 6 heteroatoms. The van der Waals surface area contributed by atoms with Gasteiger partial charge in [0.15, 0.2) is 0 Å². The maximum absolute atomic E-state index is 12.8. The van der Waals surface area contributed by atoms with E-state index in [9.17, 15) is 9.90 Å². The number of benzene rings is 2. The maximum Gasteiger partial charge on any atom is 0.253 e. The molecule has 148 valence electrons. The van der Waals surface area contributed by atoms with E-state index in [1.165, 1.54) is 6.20 Å². The largest absolute Gasteiger partial charge is 0.508 e. The van der Waals surface area contributed by atoms with Crippen LogP contribution in [0.4, 0.5) is 0 Å². The zero-order valence-corrected chi connectivity index (χ0v) is 16.3. The minimum atomic E-state index is -0.208. The zero-order chi connectivity index (χ0) is 20.4. The Balaban J connectivity index is 1.62. The fourth-order valence-electron chi connectivity index (χ4n) is 3.46. The second kappa shape index (κ2) is 7.83. The summed E-state index contributed by atoms with van der Waals surface area (Å²) in [7, 11) is 1.54. The van der Waals surface area contributed by atoms with Gasteiger partial charge < -0.3 is 19.9 Å². The number of ether oxygens (including phenoxy) is 2. The van der Waals surface area contributed by atoms with Gasteiger partial charge in [0.25, 0.3) is 5.91 Å². The maximum atomic E-state index is 12.8. The summed E-state index contributed by atoms with van der Waals surface area (Å²) in [6.07, 6.45) is 3.76. The molecule has 2 aromatic carbocycles. The van der Waals surface area contributed by atoms with E-state index in [2.05, 4.69) is 10.3 Å². The van der Waals surface area contributed by atoms with Gasteiger partial charge in [-0.05, 0) is 53.9 Å². The van der Waals surface area contributed by atoms with Crippen LogP contribution in [-0.2, 0) is 0 Å². The Kier molecular flexibility index (Phi) is 5.08. The molecule has 1 aromatic heterocycles. The van der Waals surface area contributed by atoms with Crippen LogP contribution in [0.1, 0.15) is 33.9 Å². The second-order valence-electron chi connectivity index (χ2n) is 7.03. The molecule has 1 unspecified atom stereocenters. The van der Waals surface area contributed by atoms with E-state index in [4.69, 9.17) is 9.47 Å². The highest BCUT2D eigenvalue weighted by Crippen LogP contribution is 2.36. The molecule has 3 aromatic rings. The summed E-state index contributed by atoms with van der Waals surface area (Å²) in [4.78, 5) is 16.8. The fourth-order valence-corrected chi connectivity index (χ4v) is 3.46. The minimum absolute atomic E-state index is 0.171. The SMILES string of the molecule is COc1cncc(C(=O)NC2CCOc3ccc(-c4ccc(O)c(C)c4)cc32)c1. The van der Waals surface area contributed by atoms with E-state index in [0.717, 1.165) is 28.0 Å². The molecule has 2 N–H and O–H groups in total. The van der Waals surface area contributed by atoms with Gasteiger partial charge in [0, 0.05) is 18.2 Å². The van der Waals surface area contributed by atoms with Gasteiger partial charge in [0.05, 0.1) is 31.5 Å². The number of rotatable bonds is 4. The van der Waals surface area contributed by atoms with Crippen molar-refractivity contribution in [3.8, 4) is 28.4 Å². The molecule has 0 saturated heterocycles. The van der Waals surface area contributed by atoms with Crippen molar-refractivity contribution in [3.63, 3.8) is 0 Å². The lowest BCUT2D eigenvalue weighted by atomic mass is 9.94. The number of carbonyl (C=O) groups excluding carboxylic acids is 1. The summed E-state index contributed by atoms with van der Waals surface area (Å²) in [6.45, 7) is 2.40. The molecule has 0 saturated carbocycles. The quantitative estimate of drug-likeness (QED) is 0.703. The highest BCUT2D eigenvalue weighted by atomic mass is 16.5. The minimum Gasteiger partial charge on any atom is -0.508 e. The second-order valence-corrected chi connectivity index (χ2v) is 7.03. The molecular formula is C23H22N2O4. The first-order valence-electron chi connectivity index (χ1n) is 9.42. The Hall–Kier alpha value is -3.54. The normalized spacial score (nSPS) is 15.2. The van der Waals surface area contributed by atoms with E-state index >= 15 is 0 Å². The highest BCUT2D eigenvalue weighted by molar-refractivity contribution is 5.94. The Morgan fingerprint density at radius 1 is 1.17 bits per heavy atom. The van der Waals surface area contributed by atoms with Crippen LogP contribution >= 0.6 is 0 Å². The first kappa shape index (κ1) is 18.8. The molecule has 0 radical (unpaired) electrons. The van der Waals surface area contributed by atoms with E-state index in [0.29, 0.717) is 24.3 Å². The molecule has 6 nitrogen and oxygen atoms in total. The third kappa shape index (κ3) is 3.87. The lowest BCUT2D eigenvalue weighted by Crippen LogP contribution is -2.32. The predicted octanol–water partition coefficient (Wildman–Crippen LogP) is 4.02. The van der Waals surface area contributed by atoms with Gasteiger partial charge in [-0.15, -0.1) is 0 Å². The smallest absolute Gasteiger partial charge is 0.253 e. The number of phenols is 1. The van der Waals surface area contributed by atoms with Crippen molar-refractivity contribution in [3.05, 3.63) is 71.5 Å². The standard InChI is InChI=1S/C23H22N2O4/c1-14-9-15(3-5-21(14)26)16-4-6-22-19(11-16)20(7-8-29-22)25-23(27)17-10-18(28-2)13-24-12-17/h3-6,9-13,20,26H,7-8H2,1-2H3,(H,25,27). The first-order chi connectivity index (χ1) is 14.0. The van der Waals surface area contributed by atoms with Crippen LogP contribution in [0.25, 0.3) is 11.1 Å². The van der Waals surface area contributed by atoms with Gasteiger partial charge in [0.2, 0.25) is 0 Å². The van der Waals surface area contributed by atoms with Crippen molar-refractivity contribution in [1.29, 1.82) is 0 Å². The molecule has 1 atom stereocenters. The number of pyridine rings is 1. The Morgan fingerprint density at radius 2 is 1.97 bits per heavy atom. The summed E-state index contributed by atoms with van der Waals surface area (Å²) >= 11 is 0. The van der Waals surface area contributed by atoms with E-state index in [-0.39, 0.29) is 17.7 Å². The summed E-state index contributed by atoms with van der Waals surface area (Å²) in [5.74, 6) is 1.37. The molecular weight excluding hydrogens is 368 g/mol. The van der Waals surface area contributed by atoms with Crippen molar-refractivity contribution < 1.29 is 19.4 Å². The van der Waals surface area contributed by atoms with Crippen molar-refractivity contribution >= 4 is 5.91 Å². The third-order valence-electron chi connectivity index (χ3n) is 5.10. The average molecular weight is 390 g/mol. The van der Waals surface area contributed by atoms with Gasteiger partial charge in [-0.25, -0.2) is 0 Å². The number of phenolic OH excluding ortho intramolecular Hbond substituents is 1. The first-order valence-corrected chi connectivity index (χ1v) is 9.42. The van der Waals surface area contributed by atoms with Crippen molar-refractivity contribution in [2.45, 2.75) is 19.4 Å². The molecule has 0 bridgehead atoms. The Labute approximate surface area is 169 Å². The predicted molar refractivity (Wildman–Crippen MR) is 109 cm³/mol. The number of carbonyl (C=O) groups is 1. The summed E-state index contributed by atoms with van der Waals surface area (Å²) in [5.41, 5.74) is 4.19. The topological polar surface area (TPSA) is 80.7 Å². The zero-order valence-electron chi connectivity index (χ0n) is 16.3. The number of nitrogens with one attached hydrogen (secondary N) is 1. The van der Waals surface area contributed by atoms with Gasteiger partial charge in [-0.1, -0.05) is 12.1 Å². The van der Waals surface area contributed by atoms with E-state index in [1.807, 2.05) is 37.3 Å². The van der Waals surface area contributed by atoms with Gasteiger partial charge in [-0.3, -0.25) is 9.78 Å². The molecule has 0 spiro atoms. The van der Waals surface area contributed by atoms with Gasteiger partial charge >= 0.3 is 0 Å². The molecule has 1 aliphatic rings. The summed E-state index contributed by atoms with van der Waals surface area (Å²) < 4.78 is 10.9. The van der Waals surface area contributed by atoms with Gasteiger partial charge in [-0.2, -0.15) is 0 Å². The van der Waals surface area contributed by atoms with Crippen molar-refractivity contribution in [1.82, 2.24) is 10.3 Å². The van der Waals surface area contributed by atoms with Crippen LogP contribution in [0.5, 0.6) is 17.2 Å². The number of hydrogen-bond donors (Lipinski definition) is 2. The van der Waals surface area contributed by atoms with Gasteiger partial charge in [0.1, 0.15) is 17.2 Å². The average Bonchev–Trinajstić information content (AvgIpc) is 2.75. The number of amides is 1. The number of aromatic hydroxyl groups is 1. The highest BCUT2D eigenvalue weighted by Gasteiger charge is 2.24. The molecule has 0 fully saturated rings. The molecule has 2 heterocycles. The Morgan fingerprint density at radius 3 is 2.76 bits per heavy atom. The molecule has 0 aliphatic carbocycles. The lowest BCUT2D eigenvalue weighted by molar-refractivity contribution is 0.0924. The number of methoxy groups -OCH3 is 1. The van der Waals surface area contributed by atoms with Crippen molar-refractivity contribution in [2.24, 2.45) is 0 Å². The molecule has 1 amide bonds. The van der Waals surface area contributed by atoms with Crippen LogP contribution in [0, 0.1) is 6.92 Å². The monoisotopic (exact) mass is 390 g/mol. The van der Waals surface area contributed by atoms with Crippen LogP contribution in [-0.4, -0.2) is 29.7 Å². The van der Waals surface area contributed by atoms with Crippen LogP contribution in [0.3, 0.4) is 0 Å². The number of nitrogens with zero attached hydrogens (tertiary/aromatic N) is 1. The summed E-state index contributed by atoms with van der Waals surface area (Å²) in [5, 5.41) is 12.9. The number of fused-ring (bicyclic) bond motifs is 1. The fraction of sp³-hybridized carbons (Fsp3) is 0.217. The lowest BCUT2D eigenvalue weighted by Gasteiger charge is -2.27. The van der Waals surface area contributed by atoms with Crippen molar-refractivity contribution in [2.75, 3.05) is 13.7 Å².